The molecule has 0 aliphatic heterocycles. The molecule has 0 aliphatic carbocycles. The molecule has 1 heterocycles. The first-order valence-electron chi connectivity index (χ1n) is 8.24. The Kier molecular flexibility index (Phi) is 8.71. The molecule has 0 aromatic carbocycles. The van der Waals surface area contributed by atoms with Gasteiger partial charge in [0.25, 0.3) is 0 Å². The van der Waals surface area contributed by atoms with Gasteiger partial charge in [-0.25, -0.2) is 8.93 Å². The molecule has 1 rings (SSSR count). The molecular weight excluding hydrogens is 342 g/mol. The number of rotatable bonds is 9. The lowest BCUT2D eigenvalue weighted by Gasteiger charge is -2.24. The van der Waals surface area contributed by atoms with Gasteiger partial charge in [-0.05, 0) is 39.3 Å². The van der Waals surface area contributed by atoms with Gasteiger partial charge in [0.05, 0.1) is 34.8 Å². The Morgan fingerprint density at radius 1 is 1.36 bits per heavy atom. The summed E-state index contributed by atoms with van der Waals surface area (Å²) < 4.78 is 19.8. The Balaban J connectivity index is 2.66. The van der Waals surface area contributed by atoms with E-state index in [1.165, 1.54) is 0 Å². The number of nitrogens with zero attached hydrogens (tertiary/aromatic N) is 1. The van der Waals surface area contributed by atoms with E-state index >= 15 is 0 Å². The number of carbonyl (C=O) groups is 2. The van der Waals surface area contributed by atoms with Crippen LogP contribution in [-0.2, 0) is 25.3 Å². The number of esters is 1. The number of amides is 1. The van der Waals surface area contributed by atoms with Gasteiger partial charge in [-0.3, -0.25) is 14.6 Å². The summed E-state index contributed by atoms with van der Waals surface area (Å²) in [5.74, 6) is -0.588. The Hall–Kier alpha value is -1.80. The van der Waals surface area contributed by atoms with Gasteiger partial charge >= 0.3 is 5.97 Å². The van der Waals surface area contributed by atoms with Crippen LogP contribution in [0, 0.1) is 0 Å². The van der Waals surface area contributed by atoms with Gasteiger partial charge in [-0.2, -0.15) is 0 Å². The molecule has 1 aromatic rings. The number of nitrogens with one attached hydrogen (secondary N) is 2. The molecular formula is C17H27N3O4S. The molecule has 0 radical (unpaired) electrons. The third kappa shape index (κ3) is 8.22. The highest BCUT2D eigenvalue weighted by molar-refractivity contribution is 7.84. The lowest BCUT2D eigenvalue weighted by Crippen LogP contribution is -2.38. The third-order valence-electron chi connectivity index (χ3n) is 3.24. The fraction of sp³-hybridized carbons (Fsp3) is 0.588. The van der Waals surface area contributed by atoms with Crippen LogP contribution in [0.4, 0.5) is 0 Å². The van der Waals surface area contributed by atoms with E-state index in [0.717, 1.165) is 5.56 Å². The molecule has 25 heavy (non-hydrogen) atoms. The zero-order valence-electron chi connectivity index (χ0n) is 15.2. The number of pyridine rings is 1. The third-order valence-corrected chi connectivity index (χ3v) is 4.85. The van der Waals surface area contributed by atoms with Gasteiger partial charge in [0.15, 0.2) is 0 Å². The van der Waals surface area contributed by atoms with Crippen LogP contribution in [-0.4, -0.2) is 39.0 Å². The quantitative estimate of drug-likeness (QED) is 0.645. The van der Waals surface area contributed by atoms with Crippen molar-refractivity contribution in [1.82, 2.24) is 15.0 Å². The van der Waals surface area contributed by atoms with Crippen molar-refractivity contribution in [3.8, 4) is 0 Å². The Labute approximate surface area is 151 Å². The molecule has 2 N–H and O–H groups in total. The van der Waals surface area contributed by atoms with Crippen LogP contribution in [0.3, 0.4) is 0 Å². The van der Waals surface area contributed by atoms with Crippen LogP contribution >= 0.6 is 0 Å². The molecule has 1 aromatic heterocycles. The van der Waals surface area contributed by atoms with Gasteiger partial charge in [-0.1, -0.05) is 6.07 Å². The standard InChI is InChI=1S/C17H27N3O4S/c1-5-24-16(22)8-10-19-15(21)11-14(13-7-6-9-18-12-13)20-25(23)17(2,3)4/h6-7,9,12,14,20H,5,8,10-11H2,1-4H3,(H,19,21)/t14-,25?/m0/s1. The first-order chi connectivity index (χ1) is 11.7. The van der Waals surface area contributed by atoms with Crippen molar-refractivity contribution in [3.05, 3.63) is 30.1 Å². The topological polar surface area (TPSA) is 97.4 Å². The number of ether oxygens (including phenoxy) is 1. The van der Waals surface area contributed by atoms with Gasteiger partial charge in [0.1, 0.15) is 0 Å². The van der Waals surface area contributed by atoms with Crippen LogP contribution in [0.1, 0.15) is 52.1 Å². The summed E-state index contributed by atoms with van der Waals surface area (Å²) in [5.41, 5.74) is 0.778. The summed E-state index contributed by atoms with van der Waals surface area (Å²) in [6, 6.07) is 3.16. The predicted molar refractivity (Wildman–Crippen MR) is 96.9 cm³/mol. The SMILES string of the molecule is CCOC(=O)CCNC(=O)C[C@H](NS(=O)C(C)(C)C)c1cccnc1. The Morgan fingerprint density at radius 3 is 2.64 bits per heavy atom. The van der Waals surface area contributed by atoms with Crippen molar-refractivity contribution in [1.29, 1.82) is 0 Å². The van der Waals surface area contributed by atoms with E-state index in [1.807, 2.05) is 26.8 Å². The molecule has 0 spiro atoms. The Morgan fingerprint density at radius 2 is 2.08 bits per heavy atom. The number of aromatic nitrogens is 1. The highest BCUT2D eigenvalue weighted by Gasteiger charge is 2.25. The van der Waals surface area contributed by atoms with Crippen LogP contribution in [0.2, 0.25) is 0 Å². The minimum atomic E-state index is -1.33. The smallest absolute Gasteiger partial charge is 0.307 e. The molecule has 0 fully saturated rings. The predicted octanol–water partition coefficient (Wildman–Crippen LogP) is 1.63. The lowest BCUT2D eigenvalue weighted by atomic mass is 10.1. The first-order valence-corrected chi connectivity index (χ1v) is 9.39. The van der Waals surface area contributed by atoms with E-state index in [1.54, 1.807) is 25.4 Å². The second-order valence-electron chi connectivity index (χ2n) is 6.45. The summed E-state index contributed by atoms with van der Waals surface area (Å²) in [7, 11) is -1.33. The molecule has 0 aliphatic rings. The molecule has 1 unspecified atom stereocenters. The van der Waals surface area contributed by atoms with Crippen molar-refractivity contribution in [2.45, 2.75) is 51.3 Å². The maximum absolute atomic E-state index is 12.4. The van der Waals surface area contributed by atoms with Crippen molar-refractivity contribution in [2.75, 3.05) is 13.2 Å². The van der Waals surface area contributed by atoms with Crippen LogP contribution in [0.15, 0.2) is 24.5 Å². The van der Waals surface area contributed by atoms with Crippen LogP contribution in [0.25, 0.3) is 0 Å². The summed E-state index contributed by atoms with van der Waals surface area (Å²) in [4.78, 5) is 27.5. The molecule has 0 saturated carbocycles. The molecule has 2 atom stereocenters. The van der Waals surface area contributed by atoms with E-state index in [0.29, 0.717) is 6.61 Å². The molecule has 8 heteroatoms. The van der Waals surface area contributed by atoms with Crippen molar-refractivity contribution in [2.24, 2.45) is 0 Å². The number of hydrogen-bond acceptors (Lipinski definition) is 5. The van der Waals surface area contributed by atoms with E-state index in [4.69, 9.17) is 4.74 Å². The largest absolute Gasteiger partial charge is 0.466 e. The first kappa shape index (κ1) is 21.2. The second kappa shape index (κ2) is 10.2. The fourth-order valence-electron chi connectivity index (χ4n) is 1.91. The van der Waals surface area contributed by atoms with Crippen LogP contribution in [0.5, 0.6) is 0 Å². The van der Waals surface area contributed by atoms with Crippen molar-refractivity contribution < 1.29 is 18.5 Å². The maximum atomic E-state index is 12.4. The monoisotopic (exact) mass is 369 g/mol. The normalized spacial score (nSPS) is 13.8. The number of carbonyl (C=O) groups excluding carboxylic acids is 2. The highest BCUT2D eigenvalue weighted by atomic mass is 32.2. The molecule has 7 nitrogen and oxygen atoms in total. The molecule has 140 valence electrons. The van der Waals surface area contributed by atoms with E-state index in [9.17, 15) is 13.8 Å². The zero-order valence-corrected chi connectivity index (χ0v) is 16.0. The average molecular weight is 369 g/mol. The zero-order chi connectivity index (χ0) is 18.9. The van der Waals surface area contributed by atoms with Gasteiger partial charge in [0, 0.05) is 25.4 Å². The Bertz CT molecular complexity index is 587. The molecule has 0 saturated heterocycles. The second-order valence-corrected chi connectivity index (χ2v) is 8.44. The van der Waals surface area contributed by atoms with Gasteiger partial charge < -0.3 is 10.1 Å². The maximum Gasteiger partial charge on any atom is 0.307 e. The van der Waals surface area contributed by atoms with E-state index in [2.05, 4.69) is 15.0 Å². The van der Waals surface area contributed by atoms with Gasteiger partial charge in [-0.15, -0.1) is 0 Å². The summed E-state index contributed by atoms with van der Waals surface area (Å²) >= 11 is 0. The lowest BCUT2D eigenvalue weighted by molar-refractivity contribution is -0.143. The molecule has 0 bridgehead atoms. The minimum Gasteiger partial charge on any atom is -0.466 e. The van der Waals surface area contributed by atoms with E-state index < -0.39 is 21.8 Å². The van der Waals surface area contributed by atoms with Crippen LogP contribution < -0.4 is 10.0 Å². The summed E-state index contributed by atoms with van der Waals surface area (Å²) in [5, 5.41) is 2.69. The van der Waals surface area contributed by atoms with Crippen molar-refractivity contribution >= 4 is 22.9 Å². The average Bonchev–Trinajstić information content (AvgIpc) is 2.54. The fourth-order valence-corrected chi connectivity index (χ4v) is 2.74. The van der Waals surface area contributed by atoms with E-state index in [-0.39, 0.29) is 31.3 Å². The van der Waals surface area contributed by atoms with Gasteiger partial charge in [0.2, 0.25) is 5.91 Å². The summed E-state index contributed by atoms with van der Waals surface area (Å²) in [6.45, 7) is 7.83. The van der Waals surface area contributed by atoms with Crippen molar-refractivity contribution in [3.63, 3.8) is 0 Å². The molecule has 1 amide bonds. The minimum absolute atomic E-state index is 0.0936. The highest BCUT2D eigenvalue weighted by Crippen LogP contribution is 2.19. The summed E-state index contributed by atoms with van der Waals surface area (Å²) in [6.07, 6.45) is 3.50. The number of hydrogen-bond donors (Lipinski definition) is 2.